The van der Waals surface area contributed by atoms with Gasteiger partial charge in [0.25, 0.3) is 0 Å². The van der Waals surface area contributed by atoms with E-state index in [1.54, 1.807) is 0 Å². The molecule has 0 heterocycles. The predicted molar refractivity (Wildman–Crippen MR) is 84.1 cm³/mol. The highest BCUT2D eigenvalue weighted by molar-refractivity contribution is 9.08. The Hall–Kier alpha value is -1.28. The van der Waals surface area contributed by atoms with E-state index in [9.17, 15) is 0 Å². The Morgan fingerprint density at radius 1 is 0.947 bits per heavy atom. The van der Waals surface area contributed by atoms with E-state index in [0.717, 1.165) is 11.1 Å². The van der Waals surface area contributed by atoms with Crippen molar-refractivity contribution in [3.63, 3.8) is 0 Å². The fourth-order valence-corrected chi connectivity index (χ4v) is 2.57. The van der Waals surface area contributed by atoms with Crippen LogP contribution in [0.15, 0.2) is 36.4 Å². The van der Waals surface area contributed by atoms with Crippen LogP contribution in [0.1, 0.15) is 27.8 Å². The second-order valence-corrected chi connectivity index (χ2v) is 5.48. The molecule has 0 spiro atoms. The van der Waals surface area contributed by atoms with E-state index in [-0.39, 0.29) is 0 Å². The van der Waals surface area contributed by atoms with E-state index in [1.807, 2.05) is 0 Å². The van der Waals surface area contributed by atoms with Crippen LogP contribution in [0.25, 0.3) is 0 Å². The lowest BCUT2D eigenvalue weighted by Gasteiger charge is -2.14. The molecule has 0 aliphatic heterocycles. The average Bonchev–Trinajstić information content (AvgIpc) is 2.40. The van der Waals surface area contributed by atoms with Crippen LogP contribution in [-0.2, 0) is 11.9 Å². The van der Waals surface area contributed by atoms with Crippen molar-refractivity contribution in [3.05, 3.63) is 64.2 Å². The molecule has 0 fully saturated rings. The monoisotopic (exact) mass is 318 g/mol. The Labute approximate surface area is 123 Å². The molecule has 0 aliphatic carbocycles. The first kappa shape index (κ1) is 14.1. The van der Waals surface area contributed by atoms with Crippen molar-refractivity contribution in [2.45, 2.75) is 32.7 Å². The molecule has 0 amide bonds. The molecule has 0 bridgehead atoms. The quantitative estimate of drug-likeness (QED) is 0.714. The topological polar surface area (TPSA) is 9.23 Å². The van der Waals surface area contributed by atoms with Gasteiger partial charge in [-0.3, -0.25) is 0 Å². The normalized spacial score (nSPS) is 10.5. The van der Waals surface area contributed by atoms with Gasteiger partial charge in [0.05, 0.1) is 0 Å². The summed E-state index contributed by atoms with van der Waals surface area (Å²) in [7, 11) is 0. The van der Waals surface area contributed by atoms with Crippen molar-refractivity contribution in [2.75, 3.05) is 0 Å². The highest BCUT2D eigenvalue weighted by Gasteiger charge is 2.07. The third-order valence-electron chi connectivity index (χ3n) is 3.31. The first-order valence-electron chi connectivity index (χ1n) is 6.45. The molecule has 0 N–H and O–H groups in total. The standard InChI is InChI=1S/C17H19BrO/c1-12-7-8-13(2)16(9-12)11-19-17-14(3)5-4-6-15(17)10-18/h4-9H,10-11H2,1-3H3. The molecule has 2 aromatic carbocycles. The van der Waals surface area contributed by atoms with E-state index < -0.39 is 0 Å². The summed E-state index contributed by atoms with van der Waals surface area (Å²) in [6, 6.07) is 12.7. The Morgan fingerprint density at radius 2 is 1.74 bits per heavy atom. The molecule has 2 heteroatoms. The Morgan fingerprint density at radius 3 is 2.47 bits per heavy atom. The predicted octanol–water partition coefficient (Wildman–Crippen LogP) is 5.09. The fourth-order valence-electron chi connectivity index (χ4n) is 2.13. The molecule has 2 rings (SSSR count). The number of hydrogen-bond acceptors (Lipinski definition) is 1. The molecule has 0 aromatic heterocycles. The second-order valence-electron chi connectivity index (χ2n) is 4.92. The van der Waals surface area contributed by atoms with Gasteiger partial charge in [0, 0.05) is 10.9 Å². The number of hydrogen-bond donors (Lipinski definition) is 0. The van der Waals surface area contributed by atoms with Gasteiger partial charge in [-0.15, -0.1) is 0 Å². The van der Waals surface area contributed by atoms with Crippen molar-refractivity contribution in [2.24, 2.45) is 0 Å². The van der Waals surface area contributed by atoms with Gasteiger partial charge in [-0.25, -0.2) is 0 Å². The molecule has 0 aliphatic rings. The molecule has 100 valence electrons. The van der Waals surface area contributed by atoms with Gasteiger partial charge in [0.15, 0.2) is 0 Å². The maximum atomic E-state index is 6.05. The van der Waals surface area contributed by atoms with Crippen molar-refractivity contribution < 1.29 is 4.74 Å². The minimum absolute atomic E-state index is 0.623. The van der Waals surface area contributed by atoms with Crippen molar-refractivity contribution in [3.8, 4) is 5.75 Å². The summed E-state index contributed by atoms with van der Waals surface area (Å²) in [5.74, 6) is 1.00. The molecular formula is C17H19BrO. The number of para-hydroxylation sites is 1. The zero-order valence-corrected chi connectivity index (χ0v) is 13.3. The average molecular weight is 319 g/mol. The number of rotatable bonds is 4. The molecule has 1 nitrogen and oxygen atoms in total. The Kier molecular flexibility index (Phi) is 4.65. The number of alkyl halides is 1. The maximum Gasteiger partial charge on any atom is 0.126 e. The summed E-state index contributed by atoms with van der Waals surface area (Å²) < 4.78 is 6.05. The zero-order chi connectivity index (χ0) is 13.8. The summed E-state index contributed by atoms with van der Waals surface area (Å²) in [5, 5.41) is 0.816. The van der Waals surface area contributed by atoms with E-state index >= 15 is 0 Å². The first-order valence-corrected chi connectivity index (χ1v) is 7.57. The van der Waals surface area contributed by atoms with Crippen LogP contribution < -0.4 is 4.74 Å². The molecule has 0 atom stereocenters. The summed E-state index contributed by atoms with van der Waals surface area (Å²) in [6.07, 6.45) is 0. The van der Waals surface area contributed by atoms with Gasteiger partial charge in [-0.1, -0.05) is 57.9 Å². The van der Waals surface area contributed by atoms with E-state index in [2.05, 4.69) is 73.1 Å². The summed E-state index contributed by atoms with van der Waals surface area (Å²) in [4.78, 5) is 0. The fraction of sp³-hybridized carbons (Fsp3) is 0.294. The molecular weight excluding hydrogens is 300 g/mol. The molecule has 0 saturated heterocycles. The van der Waals surface area contributed by atoms with Crippen LogP contribution in [0.3, 0.4) is 0 Å². The van der Waals surface area contributed by atoms with Gasteiger partial charge in [-0.05, 0) is 37.5 Å². The SMILES string of the molecule is Cc1ccc(C)c(COc2c(C)cccc2CBr)c1. The summed E-state index contributed by atoms with van der Waals surface area (Å²) in [6.45, 7) is 6.95. The second kappa shape index (κ2) is 6.25. The van der Waals surface area contributed by atoms with Crippen molar-refractivity contribution in [1.29, 1.82) is 0 Å². The molecule has 19 heavy (non-hydrogen) atoms. The van der Waals surface area contributed by atoms with Crippen LogP contribution in [0.2, 0.25) is 0 Å². The largest absolute Gasteiger partial charge is 0.488 e. The van der Waals surface area contributed by atoms with E-state index in [0.29, 0.717) is 6.61 Å². The highest BCUT2D eigenvalue weighted by atomic mass is 79.9. The lowest BCUT2D eigenvalue weighted by Crippen LogP contribution is -2.01. The van der Waals surface area contributed by atoms with Gasteiger partial charge in [0.2, 0.25) is 0 Å². The van der Waals surface area contributed by atoms with Crippen molar-refractivity contribution in [1.82, 2.24) is 0 Å². The van der Waals surface area contributed by atoms with Gasteiger partial charge in [0.1, 0.15) is 12.4 Å². The van der Waals surface area contributed by atoms with Gasteiger partial charge < -0.3 is 4.74 Å². The Balaban J connectivity index is 2.21. The lowest BCUT2D eigenvalue weighted by molar-refractivity contribution is 0.301. The first-order chi connectivity index (χ1) is 9.11. The molecule has 0 saturated carbocycles. The van der Waals surface area contributed by atoms with Gasteiger partial charge in [-0.2, -0.15) is 0 Å². The summed E-state index contributed by atoms with van der Waals surface area (Å²) in [5.41, 5.74) is 6.19. The Bertz CT molecular complexity index is 575. The number of halogens is 1. The van der Waals surface area contributed by atoms with Crippen LogP contribution >= 0.6 is 15.9 Å². The number of aryl methyl sites for hydroxylation is 3. The van der Waals surface area contributed by atoms with Crippen LogP contribution in [0.4, 0.5) is 0 Å². The van der Waals surface area contributed by atoms with E-state index in [4.69, 9.17) is 4.74 Å². The van der Waals surface area contributed by atoms with Crippen molar-refractivity contribution >= 4 is 15.9 Å². The molecule has 0 radical (unpaired) electrons. The maximum absolute atomic E-state index is 6.05. The third-order valence-corrected chi connectivity index (χ3v) is 3.92. The number of benzene rings is 2. The molecule has 0 unspecified atom stereocenters. The van der Waals surface area contributed by atoms with Crippen LogP contribution in [0, 0.1) is 20.8 Å². The smallest absolute Gasteiger partial charge is 0.126 e. The van der Waals surface area contributed by atoms with Crippen LogP contribution in [-0.4, -0.2) is 0 Å². The van der Waals surface area contributed by atoms with Gasteiger partial charge >= 0.3 is 0 Å². The highest BCUT2D eigenvalue weighted by Crippen LogP contribution is 2.26. The third kappa shape index (κ3) is 3.38. The zero-order valence-electron chi connectivity index (χ0n) is 11.7. The van der Waals surface area contributed by atoms with E-state index in [1.165, 1.54) is 27.8 Å². The number of ether oxygens (including phenoxy) is 1. The molecule has 2 aromatic rings. The summed E-state index contributed by atoms with van der Waals surface area (Å²) >= 11 is 3.51. The minimum atomic E-state index is 0.623. The van der Waals surface area contributed by atoms with Crippen LogP contribution in [0.5, 0.6) is 5.75 Å². The lowest BCUT2D eigenvalue weighted by atomic mass is 10.1. The minimum Gasteiger partial charge on any atom is -0.488 e.